The van der Waals surface area contributed by atoms with Crippen molar-refractivity contribution in [2.75, 3.05) is 11.4 Å². The van der Waals surface area contributed by atoms with Crippen molar-refractivity contribution in [1.82, 2.24) is 9.36 Å². The van der Waals surface area contributed by atoms with E-state index in [1.165, 1.54) is 29.1 Å². The summed E-state index contributed by atoms with van der Waals surface area (Å²) in [7, 11) is 0. The largest absolute Gasteiger partial charge is 0.343 e. The highest BCUT2D eigenvalue weighted by atomic mass is 32.1. The van der Waals surface area contributed by atoms with Gasteiger partial charge in [0.2, 0.25) is 5.13 Å². The second-order valence-corrected chi connectivity index (χ2v) is 7.17. The van der Waals surface area contributed by atoms with Crippen LogP contribution in [-0.4, -0.2) is 15.9 Å². The molecule has 1 aliphatic heterocycles. The number of anilines is 1. The minimum atomic E-state index is 0.0263. The van der Waals surface area contributed by atoms with Crippen LogP contribution in [-0.2, 0) is 18.4 Å². The summed E-state index contributed by atoms with van der Waals surface area (Å²) in [5.41, 5.74) is 2.94. The second-order valence-electron chi connectivity index (χ2n) is 6.44. The fourth-order valence-electron chi connectivity index (χ4n) is 2.51. The third-order valence-corrected chi connectivity index (χ3v) is 4.49. The number of benzene rings is 1. The van der Waals surface area contributed by atoms with Crippen LogP contribution in [0.25, 0.3) is 0 Å². The molecule has 0 saturated heterocycles. The zero-order chi connectivity index (χ0) is 14.2. The van der Waals surface area contributed by atoms with Gasteiger partial charge in [-0.05, 0) is 24.0 Å². The molecule has 2 heterocycles. The summed E-state index contributed by atoms with van der Waals surface area (Å²) >= 11 is 1.53. The van der Waals surface area contributed by atoms with Gasteiger partial charge >= 0.3 is 0 Å². The highest BCUT2D eigenvalue weighted by molar-refractivity contribution is 7.09. The number of hydrogen-bond acceptors (Lipinski definition) is 4. The second kappa shape index (κ2) is 5.17. The lowest BCUT2D eigenvalue weighted by Gasteiger charge is -2.19. The van der Waals surface area contributed by atoms with Gasteiger partial charge in [-0.3, -0.25) is 0 Å². The van der Waals surface area contributed by atoms with Crippen LogP contribution < -0.4 is 4.90 Å². The molecule has 0 fully saturated rings. The van der Waals surface area contributed by atoms with E-state index in [4.69, 9.17) is 4.98 Å². The van der Waals surface area contributed by atoms with Crippen molar-refractivity contribution in [3.8, 4) is 0 Å². The van der Waals surface area contributed by atoms with Gasteiger partial charge < -0.3 is 4.90 Å². The van der Waals surface area contributed by atoms with Crippen molar-refractivity contribution in [3.05, 3.63) is 41.2 Å². The van der Waals surface area contributed by atoms with Crippen LogP contribution in [0.4, 0.5) is 5.13 Å². The number of fused-ring (bicyclic) bond motifs is 1. The molecule has 3 rings (SSSR count). The molecule has 4 heteroatoms. The molecule has 0 unspecified atom stereocenters. The summed E-state index contributed by atoms with van der Waals surface area (Å²) in [5, 5.41) is 1.06. The molecule has 0 aliphatic carbocycles. The van der Waals surface area contributed by atoms with Gasteiger partial charge in [-0.1, -0.05) is 45.0 Å². The Labute approximate surface area is 124 Å². The highest BCUT2D eigenvalue weighted by Gasteiger charge is 2.23. The Bertz CT molecular complexity index is 598. The Balaban J connectivity index is 1.86. The van der Waals surface area contributed by atoms with E-state index >= 15 is 0 Å². The Hall–Kier alpha value is -1.42. The minimum absolute atomic E-state index is 0.0263. The molecule has 0 radical (unpaired) electrons. The van der Waals surface area contributed by atoms with E-state index in [0.717, 1.165) is 30.5 Å². The fourth-order valence-corrected chi connectivity index (χ4v) is 3.39. The van der Waals surface area contributed by atoms with Gasteiger partial charge in [-0.25, -0.2) is 4.98 Å². The first-order chi connectivity index (χ1) is 9.54. The van der Waals surface area contributed by atoms with E-state index < -0.39 is 0 Å². The Morgan fingerprint density at radius 1 is 1.15 bits per heavy atom. The van der Waals surface area contributed by atoms with Crippen LogP contribution in [0.3, 0.4) is 0 Å². The molecule has 20 heavy (non-hydrogen) atoms. The van der Waals surface area contributed by atoms with E-state index in [0.29, 0.717) is 0 Å². The fraction of sp³-hybridized carbons (Fsp3) is 0.500. The van der Waals surface area contributed by atoms with Crippen LogP contribution in [0.1, 0.15) is 44.1 Å². The molecular weight excluding hydrogens is 266 g/mol. The number of nitrogens with zero attached hydrogens (tertiary/aromatic N) is 3. The van der Waals surface area contributed by atoms with Crippen molar-refractivity contribution >= 4 is 16.7 Å². The Kier molecular flexibility index (Phi) is 3.50. The van der Waals surface area contributed by atoms with Crippen LogP contribution in [0.5, 0.6) is 0 Å². The van der Waals surface area contributed by atoms with E-state index in [1.54, 1.807) is 0 Å². The third-order valence-electron chi connectivity index (χ3n) is 3.71. The van der Waals surface area contributed by atoms with E-state index in [1.807, 2.05) is 0 Å². The first-order valence-corrected chi connectivity index (χ1v) is 7.97. The zero-order valence-electron chi connectivity index (χ0n) is 12.4. The Morgan fingerprint density at radius 3 is 2.60 bits per heavy atom. The zero-order valence-corrected chi connectivity index (χ0v) is 13.2. The molecule has 106 valence electrons. The lowest BCUT2D eigenvalue weighted by atomic mass is 9.96. The van der Waals surface area contributed by atoms with Gasteiger partial charge in [0, 0.05) is 30.0 Å². The lowest BCUT2D eigenvalue weighted by Crippen LogP contribution is -2.23. The van der Waals surface area contributed by atoms with Gasteiger partial charge in [0.05, 0.1) is 0 Å². The minimum Gasteiger partial charge on any atom is -0.343 e. The Morgan fingerprint density at radius 2 is 1.90 bits per heavy atom. The van der Waals surface area contributed by atoms with Crippen molar-refractivity contribution < 1.29 is 0 Å². The molecule has 0 amide bonds. The first kappa shape index (κ1) is 13.6. The predicted molar refractivity (Wildman–Crippen MR) is 84.4 cm³/mol. The summed E-state index contributed by atoms with van der Waals surface area (Å²) in [4.78, 5) is 7.13. The van der Waals surface area contributed by atoms with Gasteiger partial charge in [0.1, 0.15) is 5.82 Å². The number of rotatable bonds is 1. The normalized spacial score (nSPS) is 15.8. The van der Waals surface area contributed by atoms with Gasteiger partial charge in [-0.2, -0.15) is 4.37 Å². The summed E-state index contributed by atoms with van der Waals surface area (Å²) in [6.07, 6.45) is 2.35. The molecule has 3 nitrogen and oxygen atoms in total. The molecule has 1 aliphatic rings. The van der Waals surface area contributed by atoms with Crippen LogP contribution in [0.2, 0.25) is 0 Å². The molecule has 2 aromatic rings. The topological polar surface area (TPSA) is 29.0 Å². The molecule has 0 bridgehead atoms. The van der Waals surface area contributed by atoms with Crippen molar-refractivity contribution in [2.24, 2.45) is 0 Å². The van der Waals surface area contributed by atoms with E-state index in [-0.39, 0.29) is 5.41 Å². The molecule has 0 N–H and O–H groups in total. The van der Waals surface area contributed by atoms with Crippen molar-refractivity contribution in [3.63, 3.8) is 0 Å². The van der Waals surface area contributed by atoms with Crippen molar-refractivity contribution in [1.29, 1.82) is 0 Å². The van der Waals surface area contributed by atoms with Gasteiger partial charge in [0.25, 0.3) is 0 Å². The van der Waals surface area contributed by atoms with Crippen LogP contribution in [0, 0.1) is 0 Å². The molecule has 0 spiro atoms. The van der Waals surface area contributed by atoms with Gasteiger partial charge in [0.15, 0.2) is 0 Å². The summed E-state index contributed by atoms with van der Waals surface area (Å²) < 4.78 is 4.54. The highest BCUT2D eigenvalue weighted by Crippen LogP contribution is 2.28. The maximum absolute atomic E-state index is 4.75. The first-order valence-electron chi connectivity index (χ1n) is 7.20. The summed E-state index contributed by atoms with van der Waals surface area (Å²) in [6.45, 7) is 8.51. The molecular formula is C16H21N3S. The average Bonchev–Trinajstić information content (AvgIpc) is 2.80. The van der Waals surface area contributed by atoms with Crippen molar-refractivity contribution in [2.45, 2.75) is 45.6 Å². The van der Waals surface area contributed by atoms with E-state index in [9.17, 15) is 0 Å². The number of aromatic nitrogens is 2. The number of hydrogen-bond donors (Lipinski definition) is 0. The molecule has 0 saturated carbocycles. The quantitative estimate of drug-likeness (QED) is 0.799. The number of aryl methyl sites for hydroxylation is 1. The third kappa shape index (κ3) is 2.70. The average molecular weight is 287 g/mol. The molecule has 1 aromatic heterocycles. The lowest BCUT2D eigenvalue weighted by molar-refractivity contribution is 0.554. The van der Waals surface area contributed by atoms with E-state index in [2.05, 4.69) is 54.3 Å². The van der Waals surface area contributed by atoms with Crippen LogP contribution >= 0.6 is 11.5 Å². The maximum Gasteiger partial charge on any atom is 0.205 e. The summed E-state index contributed by atoms with van der Waals surface area (Å²) in [6, 6.07) is 8.75. The maximum atomic E-state index is 4.75. The van der Waals surface area contributed by atoms with Crippen LogP contribution in [0.15, 0.2) is 24.3 Å². The smallest absolute Gasteiger partial charge is 0.205 e. The van der Waals surface area contributed by atoms with Gasteiger partial charge in [-0.15, -0.1) is 0 Å². The SMILES string of the molecule is CC(C)(C)c1nsc(N2CCCc3ccccc3C2)n1. The predicted octanol–water partition coefficient (Wildman–Crippen LogP) is 3.79. The standard InChI is InChI=1S/C16H21N3S/c1-16(2,3)14-17-15(20-18-14)19-10-6-9-12-7-4-5-8-13(12)11-19/h4-5,7-8H,6,9-11H2,1-3H3. The molecule has 0 atom stereocenters. The monoisotopic (exact) mass is 287 g/mol. The molecule has 1 aromatic carbocycles. The summed E-state index contributed by atoms with van der Waals surface area (Å²) in [5.74, 6) is 0.954.